The number of benzene rings is 2. The number of anilines is 1. The molecule has 0 aromatic heterocycles. The SMILES string of the molecule is O=C(CN1c2ccc(F)cc2-c2ccccc2S1(=O)=O)NC[C@H]1CCCO1. The summed E-state index contributed by atoms with van der Waals surface area (Å²) in [6, 6.07) is 10.3. The molecule has 1 fully saturated rings. The Morgan fingerprint density at radius 1 is 1.22 bits per heavy atom. The van der Waals surface area contributed by atoms with Gasteiger partial charge in [0.05, 0.1) is 16.7 Å². The minimum absolute atomic E-state index is 0.0333. The number of nitrogens with one attached hydrogen (secondary N) is 1. The largest absolute Gasteiger partial charge is 0.376 e. The highest BCUT2D eigenvalue weighted by atomic mass is 32.2. The van der Waals surface area contributed by atoms with E-state index in [-0.39, 0.29) is 17.5 Å². The standard InChI is InChI=1S/C19H19FN2O4S/c20-13-7-8-17-16(10-13)15-5-1-2-6-18(15)27(24,25)22(17)12-19(23)21-11-14-4-3-9-26-14/h1-2,5-8,10,14H,3-4,9,11-12H2,(H,21,23)/t14-/m1/s1. The van der Waals surface area contributed by atoms with Gasteiger partial charge in [0, 0.05) is 24.3 Å². The van der Waals surface area contributed by atoms with Crippen molar-refractivity contribution in [3.8, 4) is 11.1 Å². The second-order valence-electron chi connectivity index (χ2n) is 6.61. The molecule has 0 aliphatic carbocycles. The summed E-state index contributed by atoms with van der Waals surface area (Å²) in [6.45, 7) is 0.651. The molecule has 1 saturated heterocycles. The number of fused-ring (bicyclic) bond motifs is 3. The molecule has 8 heteroatoms. The van der Waals surface area contributed by atoms with Crippen LogP contribution in [0.2, 0.25) is 0 Å². The van der Waals surface area contributed by atoms with Crippen molar-refractivity contribution in [1.82, 2.24) is 5.32 Å². The second kappa shape index (κ2) is 6.94. The van der Waals surface area contributed by atoms with Gasteiger partial charge < -0.3 is 10.1 Å². The van der Waals surface area contributed by atoms with E-state index in [0.29, 0.717) is 30.0 Å². The first-order chi connectivity index (χ1) is 13.0. The summed E-state index contributed by atoms with van der Waals surface area (Å²) < 4.78 is 46.5. The zero-order valence-corrected chi connectivity index (χ0v) is 15.3. The van der Waals surface area contributed by atoms with Crippen molar-refractivity contribution in [1.29, 1.82) is 0 Å². The van der Waals surface area contributed by atoms with Crippen molar-refractivity contribution in [2.24, 2.45) is 0 Å². The lowest BCUT2D eigenvalue weighted by Gasteiger charge is -2.31. The van der Waals surface area contributed by atoms with E-state index < -0.39 is 21.7 Å². The summed E-state index contributed by atoms with van der Waals surface area (Å²) in [5, 5.41) is 2.73. The van der Waals surface area contributed by atoms with E-state index in [1.165, 1.54) is 24.3 Å². The van der Waals surface area contributed by atoms with Gasteiger partial charge in [0.25, 0.3) is 10.0 Å². The van der Waals surface area contributed by atoms with Gasteiger partial charge in [-0.1, -0.05) is 18.2 Å². The maximum absolute atomic E-state index is 13.8. The van der Waals surface area contributed by atoms with Crippen molar-refractivity contribution in [2.45, 2.75) is 23.8 Å². The van der Waals surface area contributed by atoms with Crippen LogP contribution in [0.4, 0.5) is 10.1 Å². The molecule has 0 spiro atoms. The van der Waals surface area contributed by atoms with Gasteiger partial charge in [0.1, 0.15) is 12.4 Å². The summed E-state index contributed by atoms with van der Waals surface area (Å²) in [5.41, 5.74) is 1.18. The molecule has 4 rings (SSSR count). The lowest BCUT2D eigenvalue weighted by atomic mass is 10.0. The summed E-state index contributed by atoms with van der Waals surface area (Å²) in [4.78, 5) is 12.5. The highest BCUT2D eigenvalue weighted by Gasteiger charge is 2.36. The molecule has 0 unspecified atom stereocenters. The van der Waals surface area contributed by atoms with Crippen LogP contribution in [0, 0.1) is 5.82 Å². The Morgan fingerprint density at radius 3 is 2.81 bits per heavy atom. The van der Waals surface area contributed by atoms with E-state index in [2.05, 4.69) is 5.32 Å². The van der Waals surface area contributed by atoms with Crippen LogP contribution >= 0.6 is 0 Å². The third-order valence-corrected chi connectivity index (χ3v) is 6.63. The van der Waals surface area contributed by atoms with Crippen LogP contribution in [0.1, 0.15) is 12.8 Å². The topological polar surface area (TPSA) is 75.7 Å². The molecular weight excluding hydrogens is 371 g/mol. The number of rotatable bonds is 4. The first-order valence-corrected chi connectivity index (χ1v) is 10.2. The number of carbonyl (C=O) groups is 1. The van der Waals surface area contributed by atoms with Crippen LogP contribution in [0.5, 0.6) is 0 Å². The van der Waals surface area contributed by atoms with Crippen LogP contribution in [0.3, 0.4) is 0 Å². The maximum Gasteiger partial charge on any atom is 0.265 e. The predicted molar refractivity (Wildman–Crippen MR) is 98.4 cm³/mol. The molecule has 2 aliphatic rings. The van der Waals surface area contributed by atoms with E-state index in [0.717, 1.165) is 17.1 Å². The van der Waals surface area contributed by atoms with Gasteiger partial charge in [0.2, 0.25) is 5.91 Å². The van der Waals surface area contributed by atoms with Gasteiger partial charge in [-0.25, -0.2) is 12.8 Å². The molecule has 142 valence electrons. The Morgan fingerprint density at radius 2 is 2.04 bits per heavy atom. The van der Waals surface area contributed by atoms with Crippen LogP contribution in [-0.2, 0) is 19.6 Å². The third kappa shape index (κ3) is 3.30. The molecule has 1 N–H and O–H groups in total. The van der Waals surface area contributed by atoms with E-state index >= 15 is 0 Å². The quantitative estimate of drug-likeness (QED) is 0.869. The van der Waals surface area contributed by atoms with E-state index in [9.17, 15) is 17.6 Å². The van der Waals surface area contributed by atoms with E-state index in [4.69, 9.17) is 4.74 Å². The second-order valence-corrected chi connectivity index (χ2v) is 8.44. The molecule has 27 heavy (non-hydrogen) atoms. The normalized spacial score (nSPS) is 20.0. The van der Waals surface area contributed by atoms with Gasteiger partial charge in [-0.15, -0.1) is 0 Å². The van der Waals surface area contributed by atoms with Crippen molar-refractivity contribution >= 4 is 21.6 Å². The molecule has 0 saturated carbocycles. The van der Waals surface area contributed by atoms with E-state index in [1.807, 2.05) is 0 Å². The highest BCUT2D eigenvalue weighted by Crippen LogP contribution is 2.42. The molecule has 2 aromatic carbocycles. The lowest BCUT2D eigenvalue weighted by Crippen LogP contribution is -2.44. The van der Waals surface area contributed by atoms with Crippen molar-refractivity contribution in [3.63, 3.8) is 0 Å². The molecular formula is C19H19FN2O4S. The summed E-state index contributed by atoms with van der Waals surface area (Å²) in [6.07, 6.45) is 1.79. The van der Waals surface area contributed by atoms with Gasteiger partial charge in [-0.3, -0.25) is 9.10 Å². The minimum atomic E-state index is -3.92. The number of hydrogen-bond donors (Lipinski definition) is 1. The average Bonchev–Trinajstić information content (AvgIpc) is 3.17. The number of halogens is 1. The molecule has 0 radical (unpaired) electrons. The number of ether oxygens (including phenoxy) is 1. The Hall–Kier alpha value is -2.45. The van der Waals surface area contributed by atoms with Crippen molar-refractivity contribution in [3.05, 3.63) is 48.3 Å². The van der Waals surface area contributed by atoms with E-state index in [1.54, 1.807) is 18.2 Å². The highest BCUT2D eigenvalue weighted by molar-refractivity contribution is 7.93. The smallest absolute Gasteiger partial charge is 0.265 e. The summed E-state index contributed by atoms with van der Waals surface area (Å²) in [7, 11) is -3.92. The molecule has 6 nitrogen and oxygen atoms in total. The Labute approximate surface area is 157 Å². The number of sulfonamides is 1. The van der Waals surface area contributed by atoms with Gasteiger partial charge in [0.15, 0.2) is 0 Å². The van der Waals surface area contributed by atoms with Crippen molar-refractivity contribution < 1.29 is 22.3 Å². The monoisotopic (exact) mass is 390 g/mol. The summed E-state index contributed by atoms with van der Waals surface area (Å²) in [5.74, 6) is -0.894. The fourth-order valence-electron chi connectivity index (χ4n) is 3.49. The fraction of sp³-hybridized carbons (Fsp3) is 0.316. The van der Waals surface area contributed by atoms with Crippen LogP contribution in [-0.4, -0.2) is 40.1 Å². The first kappa shape index (κ1) is 17.9. The zero-order valence-electron chi connectivity index (χ0n) is 14.5. The number of amides is 1. The van der Waals surface area contributed by atoms with Gasteiger partial charge in [-0.2, -0.15) is 0 Å². The molecule has 0 bridgehead atoms. The first-order valence-electron chi connectivity index (χ1n) is 8.77. The molecule has 1 atom stereocenters. The average molecular weight is 390 g/mol. The molecule has 1 amide bonds. The van der Waals surface area contributed by atoms with Crippen LogP contribution < -0.4 is 9.62 Å². The van der Waals surface area contributed by atoms with Crippen molar-refractivity contribution in [2.75, 3.05) is 24.0 Å². The zero-order chi connectivity index (χ0) is 19.0. The maximum atomic E-state index is 13.8. The Kier molecular flexibility index (Phi) is 4.61. The van der Waals surface area contributed by atoms with Gasteiger partial charge in [-0.05, 0) is 37.1 Å². The predicted octanol–water partition coefficient (Wildman–Crippen LogP) is 2.30. The molecule has 2 heterocycles. The summed E-state index contributed by atoms with van der Waals surface area (Å²) >= 11 is 0. The Balaban J connectivity index is 1.65. The number of hydrogen-bond acceptors (Lipinski definition) is 4. The fourth-order valence-corrected chi connectivity index (χ4v) is 5.14. The number of nitrogens with zero attached hydrogens (tertiary/aromatic N) is 1. The van der Waals surface area contributed by atoms with Gasteiger partial charge >= 0.3 is 0 Å². The third-order valence-electron chi connectivity index (χ3n) is 4.81. The van der Waals surface area contributed by atoms with Crippen LogP contribution in [0.15, 0.2) is 47.4 Å². The van der Waals surface area contributed by atoms with Crippen LogP contribution in [0.25, 0.3) is 11.1 Å². The Bertz CT molecular complexity index is 987. The molecule has 2 aromatic rings. The lowest BCUT2D eigenvalue weighted by molar-refractivity contribution is -0.120. The minimum Gasteiger partial charge on any atom is -0.376 e. The number of carbonyl (C=O) groups excluding carboxylic acids is 1. The molecule has 2 aliphatic heterocycles.